The van der Waals surface area contributed by atoms with Gasteiger partial charge >= 0.3 is 0 Å². The van der Waals surface area contributed by atoms with Crippen LogP contribution in [-0.4, -0.2) is 22.6 Å². The molecule has 0 spiro atoms. The number of carbonyl (C=O) groups is 1. The van der Waals surface area contributed by atoms with E-state index in [0.29, 0.717) is 30.3 Å². The molecule has 0 aliphatic rings. The number of aryl methyl sites for hydroxylation is 1. The highest BCUT2D eigenvalue weighted by atomic mass is 35.5. The Balaban J connectivity index is 1.59. The summed E-state index contributed by atoms with van der Waals surface area (Å²) in [6.07, 6.45) is 5.43. The first-order valence-corrected chi connectivity index (χ1v) is 12.2. The third-order valence-electron chi connectivity index (χ3n) is 5.75. The van der Waals surface area contributed by atoms with Crippen LogP contribution in [0.1, 0.15) is 85.7 Å². The zero-order valence-corrected chi connectivity index (χ0v) is 21.5. The summed E-state index contributed by atoms with van der Waals surface area (Å²) in [5.74, 6) is 0.141. The third-order valence-corrected chi connectivity index (χ3v) is 5.99. The van der Waals surface area contributed by atoms with E-state index in [9.17, 15) is 4.79 Å². The van der Waals surface area contributed by atoms with Crippen molar-refractivity contribution in [1.29, 1.82) is 0 Å². The van der Waals surface area contributed by atoms with Crippen molar-refractivity contribution in [2.24, 2.45) is 0 Å². The Morgan fingerprint density at radius 2 is 1.88 bits per heavy atom. The first kappa shape index (κ1) is 25.7. The molecule has 34 heavy (non-hydrogen) atoms. The lowest BCUT2D eigenvalue weighted by molar-refractivity contribution is 0.0941. The van der Waals surface area contributed by atoms with Crippen LogP contribution >= 0.6 is 11.6 Å². The lowest BCUT2D eigenvalue weighted by Gasteiger charge is -2.18. The van der Waals surface area contributed by atoms with Crippen molar-refractivity contribution in [1.82, 2.24) is 15.5 Å². The monoisotopic (exact) mass is 479 g/mol. The SMILES string of the molecule is CCC/C=C(/CCNC(=O)c1noc(Cc2ccc(C(C)(C)C)cc2)n1)c1cc(Cl)ccc1C. The van der Waals surface area contributed by atoms with Gasteiger partial charge in [0.1, 0.15) is 0 Å². The van der Waals surface area contributed by atoms with E-state index in [0.717, 1.165) is 29.5 Å². The first-order valence-electron chi connectivity index (χ1n) is 11.8. The van der Waals surface area contributed by atoms with Crippen LogP contribution < -0.4 is 5.32 Å². The molecule has 3 rings (SSSR count). The van der Waals surface area contributed by atoms with Gasteiger partial charge in [0.15, 0.2) is 0 Å². The van der Waals surface area contributed by atoms with Crippen LogP contribution in [0.5, 0.6) is 0 Å². The number of carbonyl (C=O) groups excluding carboxylic acids is 1. The van der Waals surface area contributed by atoms with E-state index in [-0.39, 0.29) is 17.1 Å². The molecule has 180 valence electrons. The summed E-state index contributed by atoms with van der Waals surface area (Å²) in [6, 6.07) is 14.3. The van der Waals surface area contributed by atoms with Gasteiger partial charge in [-0.15, -0.1) is 0 Å². The number of hydrogen-bond acceptors (Lipinski definition) is 4. The van der Waals surface area contributed by atoms with Crippen molar-refractivity contribution in [3.63, 3.8) is 0 Å². The molecule has 1 N–H and O–H groups in total. The quantitative estimate of drug-likeness (QED) is 0.361. The molecule has 1 aromatic heterocycles. The van der Waals surface area contributed by atoms with E-state index in [4.69, 9.17) is 16.1 Å². The normalized spacial score (nSPS) is 12.1. The van der Waals surface area contributed by atoms with Gasteiger partial charge < -0.3 is 9.84 Å². The minimum atomic E-state index is -0.337. The lowest BCUT2D eigenvalue weighted by atomic mass is 9.86. The van der Waals surface area contributed by atoms with Crippen molar-refractivity contribution in [3.8, 4) is 0 Å². The Labute approximate surface area is 207 Å². The van der Waals surface area contributed by atoms with Crippen LogP contribution in [0.2, 0.25) is 5.02 Å². The molecular formula is C28H34ClN3O2. The maximum Gasteiger partial charge on any atom is 0.292 e. The second kappa shape index (κ2) is 11.5. The maximum atomic E-state index is 12.6. The molecule has 0 atom stereocenters. The molecule has 2 aromatic carbocycles. The molecule has 0 radical (unpaired) electrons. The number of allylic oxidation sites excluding steroid dienone is 1. The van der Waals surface area contributed by atoms with Crippen molar-refractivity contribution >= 4 is 23.1 Å². The lowest BCUT2D eigenvalue weighted by Crippen LogP contribution is -2.25. The highest BCUT2D eigenvalue weighted by Gasteiger charge is 2.16. The van der Waals surface area contributed by atoms with Gasteiger partial charge in [0, 0.05) is 11.6 Å². The number of nitrogens with one attached hydrogen (secondary N) is 1. The van der Waals surface area contributed by atoms with Crippen LogP contribution in [-0.2, 0) is 11.8 Å². The van der Waals surface area contributed by atoms with Crippen molar-refractivity contribution in [2.75, 3.05) is 6.54 Å². The molecule has 0 saturated heterocycles. The van der Waals surface area contributed by atoms with Crippen LogP contribution in [0.4, 0.5) is 0 Å². The number of benzene rings is 2. The maximum absolute atomic E-state index is 12.6. The molecule has 0 fully saturated rings. The van der Waals surface area contributed by atoms with Crippen LogP contribution in [0.15, 0.2) is 53.1 Å². The highest BCUT2D eigenvalue weighted by Crippen LogP contribution is 2.26. The first-order chi connectivity index (χ1) is 16.2. The Kier molecular flexibility index (Phi) is 8.67. The Hall–Kier alpha value is -2.92. The van der Waals surface area contributed by atoms with E-state index >= 15 is 0 Å². The summed E-state index contributed by atoms with van der Waals surface area (Å²) in [4.78, 5) is 16.9. The van der Waals surface area contributed by atoms with E-state index in [1.807, 2.05) is 18.2 Å². The Bertz CT molecular complexity index is 1140. The van der Waals surface area contributed by atoms with E-state index in [2.05, 4.69) is 80.4 Å². The zero-order valence-electron chi connectivity index (χ0n) is 20.7. The van der Waals surface area contributed by atoms with Crippen molar-refractivity contribution in [2.45, 2.75) is 65.7 Å². The number of hydrogen-bond donors (Lipinski definition) is 1. The number of aromatic nitrogens is 2. The number of rotatable bonds is 9. The minimum absolute atomic E-state index is 0.0549. The van der Waals surface area contributed by atoms with Crippen LogP contribution in [0.3, 0.4) is 0 Å². The summed E-state index contributed by atoms with van der Waals surface area (Å²) in [7, 11) is 0. The van der Waals surface area contributed by atoms with Crippen molar-refractivity contribution < 1.29 is 9.32 Å². The van der Waals surface area contributed by atoms with E-state index in [1.54, 1.807) is 0 Å². The van der Waals surface area contributed by atoms with Crippen molar-refractivity contribution in [3.05, 3.63) is 87.5 Å². The molecule has 3 aromatic rings. The third kappa shape index (κ3) is 7.04. The molecule has 0 unspecified atom stereocenters. The average Bonchev–Trinajstić information content (AvgIpc) is 3.26. The van der Waals surface area contributed by atoms with Gasteiger partial charge in [-0.05, 0) is 65.1 Å². The standard InChI is InChI=1S/C28H34ClN3O2/c1-6-7-8-21(24-18-23(29)14-9-19(24)2)15-16-30-27(33)26-31-25(34-32-26)17-20-10-12-22(13-11-20)28(3,4)5/h8-14,18H,6-7,15-17H2,1-5H3,(H,30,33)/b21-8-. The number of nitrogens with zero attached hydrogens (tertiary/aromatic N) is 2. The Morgan fingerprint density at radius 3 is 2.56 bits per heavy atom. The second-order valence-electron chi connectivity index (χ2n) is 9.62. The minimum Gasteiger partial charge on any atom is -0.349 e. The number of amides is 1. The fourth-order valence-corrected chi connectivity index (χ4v) is 3.88. The molecule has 0 aliphatic carbocycles. The molecule has 1 amide bonds. The summed E-state index contributed by atoms with van der Waals surface area (Å²) in [6.45, 7) is 11.2. The zero-order chi connectivity index (χ0) is 24.7. The fourth-order valence-electron chi connectivity index (χ4n) is 3.71. The smallest absolute Gasteiger partial charge is 0.292 e. The predicted octanol–water partition coefficient (Wildman–Crippen LogP) is 6.92. The largest absolute Gasteiger partial charge is 0.349 e. The van der Waals surface area contributed by atoms with Gasteiger partial charge in [0.2, 0.25) is 5.89 Å². The second-order valence-corrected chi connectivity index (χ2v) is 10.1. The summed E-state index contributed by atoms with van der Waals surface area (Å²) >= 11 is 6.22. The molecule has 5 nitrogen and oxygen atoms in total. The fraction of sp³-hybridized carbons (Fsp3) is 0.393. The molecular weight excluding hydrogens is 446 g/mol. The molecule has 1 heterocycles. The van der Waals surface area contributed by atoms with Gasteiger partial charge in [-0.1, -0.05) is 87.3 Å². The van der Waals surface area contributed by atoms with Crippen LogP contribution in [0.25, 0.3) is 5.57 Å². The van der Waals surface area contributed by atoms with Gasteiger partial charge in [0.05, 0.1) is 6.42 Å². The molecule has 0 saturated carbocycles. The molecule has 6 heteroatoms. The Morgan fingerprint density at radius 1 is 1.15 bits per heavy atom. The summed E-state index contributed by atoms with van der Waals surface area (Å²) in [5, 5.41) is 7.49. The molecule has 0 aliphatic heterocycles. The average molecular weight is 480 g/mol. The van der Waals surface area contributed by atoms with Gasteiger partial charge in [-0.2, -0.15) is 4.98 Å². The van der Waals surface area contributed by atoms with Crippen LogP contribution in [0, 0.1) is 6.92 Å². The molecule has 0 bridgehead atoms. The van der Waals surface area contributed by atoms with E-state index < -0.39 is 0 Å². The summed E-state index contributed by atoms with van der Waals surface area (Å²) in [5.41, 5.74) is 5.89. The predicted molar refractivity (Wildman–Crippen MR) is 138 cm³/mol. The van der Waals surface area contributed by atoms with Gasteiger partial charge in [-0.25, -0.2) is 0 Å². The topological polar surface area (TPSA) is 68.0 Å². The van der Waals surface area contributed by atoms with Gasteiger partial charge in [-0.3, -0.25) is 4.79 Å². The van der Waals surface area contributed by atoms with Gasteiger partial charge in [0.25, 0.3) is 11.7 Å². The summed E-state index contributed by atoms with van der Waals surface area (Å²) < 4.78 is 5.32. The number of unbranched alkanes of at least 4 members (excludes halogenated alkanes) is 1. The number of halogens is 1. The van der Waals surface area contributed by atoms with E-state index in [1.165, 1.54) is 11.1 Å². The highest BCUT2D eigenvalue weighted by molar-refractivity contribution is 6.30.